The number of carbonyl (C=O) groups excluding carboxylic acids is 1. The lowest BCUT2D eigenvalue weighted by atomic mass is 10.1. The van der Waals surface area contributed by atoms with Crippen LogP contribution in [-0.4, -0.2) is 16.0 Å². The SMILES string of the molecule is Cc1cccc(CNC(=O)c2cc(C)nc3onc(C)c23)c1. The first kappa shape index (κ1) is 14.3. The van der Waals surface area contributed by atoms with E-state index in [1.807, 2.05) is 32.0 Å². The summed E-state index contributed by atoms with van der Waals surface area (Å²) in [7, 11) is 0. The molecule has 0 fully saturated rings. The Kier molecular flexibility index (Phi) is 3.63. The van der Waals surface area contributed by atoms with Gasteiger partial charge >= 0.3 is 0 Å². The molecule has 0 aliphatic carbocycles. The van der Waals surface area contributed by atoms with Crippen LogP contribution in [0.15, 0.2) is 34.9 Å². The molecule has 0 aliphatic rings. The van der Waals surface area contributed by atoms with Crippen molar-refractivity contribution in [1.82, 2.24) is 15.5 Å². The van der Waals surface area contributed by atoms with Crippen molar-refractivity contribution >= 4 is 17.0 Å². The number of amides is 1. The Morgan fingerprint density at radius 3 is 2.82 bits per heavy atom. The molecule has 0 bridgehead atoms. The summed E-state index contributed by atoms with van der Waals surface area (Å²) in [5.74, 6) is -0.150. The summed E-state index contributed by atoms with van der Waals surface area (Å²) in [6.07, 6.45) is 0. The molecule has 3 aromatic rings. The Morgan fingerprint density at radius 2 is 2.05 bits per heavy atom. The molecule has 5 heteroatoms. The lowest BCUT2D eigenvalue weighted by Gasteiger charge is -2.07. The Balaban J connectivity index is 1.87. The monoisotopic (exact) mass is 295 g/mol. The van der Waals surface area contributed by atoms with Crippen LogP contribution in [0.25, 0.3) is 11.1 Å². The van der Waals surface area contributed by atoms with Gasteiger partial charge in [-0.1, -0.05) is 35.0 Å². The standard InChI is InChI=1S/C17H17N3O2/c1-10-5-4-6-13(7-10)9-18-16(21)14-8-11(2)19-17-15(14)12(3)20-22-17/h4-8H,9H2,1-3H3,(H,18,21). The van der Waals surface area contributed by atoms with Crippen LogP contribution in [0.3, 0.4) is 0 Å². The molecule has 1 N–H and O–H groups in total. The number of aryl methyl sites for hydroxylation is 3. The number of aromatic nitrogens is 2. The largest absolute Gasteiger partial charge is 0.348 e. The highest BCUT2D eigenvalue weighted by atomic mass is 16.5. The predicted molar refractivity (Wildman–Crippen MR) is 83.6 cm³/mol. The van der Waals surface area contributed by atoms with Crippen molar-refractivity contribution in [2.75, 3.05) is 0 Å². The van der Waals surface area contributed by atoms with E-state index >= 15 is 0 Å². The van der Waals surface area contributed by atoms with Crippen molar-refractivity contribution < 1.29 is 9.32 Å². The average Bonchev–Trinajstić information content (AvgIpc) is 2.85. The van der Waals surface area contributed by atoms with Gasteiger partial charge in [0.1, 0.15) is 0 Å². The lowest BCUT2D eigenvalue weighted by molar-refractivity contribution is 0.0952. The fourth-order valence-corrected chi connectivity index (χ4v) is 2.50. The van der Waals surface area contributed by atoms with Gasteiger partial charge in [0, 0.05) is 12.2 Å². The van der Waals surface area contributed by atoms with Crippen LogP contribution in [0.2, 0.25) is 0 Å². The van der Waals surface area contributed by atoms with Gasteiger partial charge in [0.05, 0.1) is 16.6 Å². The van der Waals surface area contributed by atoms with E-state index in [1.54, 1.807) is 13.0 Å². The molecule has 0 radical (unpaired) electrons. The Hall–Kier alpha value is -2.69. The summed E-state index contributed by atoms with van der Waals surface area (Å²) < 4.78 is 5.16. The number of nitrogens with one attached hydrogen (secondary N) is 1. The van der Waals surface area contributed by atoms with E-state index in [1.165, 1.54) is 5.56 Å². The maximum atomic E-state index is 12.5. The van der Waals surface area contributed by atoms with Gasteiger partial charge in [0.25, 0.3) is 11.6 Å². The summed E-state index contributed by atoms with van der Waals surface area (Å²) in [6, 6.07) is 9.82. The lowest BCUT2D eigenvalue weighted by Crippen LogP contribution is -2.23. The highest BCUT2D eigenvalue weighted by Crippen LogP contribution is 2.21. The van der Waals surface area contributed by atoms with E-state index in [2.05, 4.69) is 21.5 Å². The van der Waals surface area contributed by atoms with Crippen molar-refractivity contribution in [2.24, 2.45) is 0 Å². The fourth-order valence-electron chi connectivity index (χ4n) is 2.50. The van der Waals surface area contributed by atoms with Gasteiger partial charge < -0.3 is 9.84 Å². The Labute approximate surface area is 128 Å². The minimum atomic E-state index is -0.150. The van der Waals surface area contributed by atoms with Crippen LogP contribution >= 0.6 is 0 Å². The van der Waals surface area contributed by atoms with Crippen LogP contribution in [0.5, 0.6) is 0 Å². The minimum Gasteiger partial charge on any atom is -0.348 e. The van der Waals surface area contributed by atoms with Gasteiger partial charge in [-0.15, -0.1) is 0 Å². The topological polar surface area (TPSA) is 68.0 Å². The molecular weight excluding hydrogens is 278 g/mol. The van der Waals surface area contributed by atoms with E-state index in [9.17, 15) is 4.79 Å². The van der Waals surface area contributed by atoms with Gasteiger partial charge in [0.15, 0.2) is 0 Å². The van der Waals surface area contributed by atoms with Crippen LogP contribution < -0.4 is 5.32 Å². The maximum Gasteiger partial charge on any atom is 0.258 e. The number of hydrogen-bond donors (Lipinski definition) is 1. The number of nitrogens with zero attached hydrogens (tertiary/aromatic N) is 2. The maximum absolute atomic E-state index is 12.5. The summed E-state index contributed by atoms with van der Waals surface area (Å²) in [6.45, 7) is 6.14. The number of pyridine rings is 1. The first-order valence-corrected chi connectivity index (χ1v) is 7.12. The molecular formula is C17H17N3O2. The smallest absolute Gasteiger partial charge is 0.258 e. The summed E-state index contributed by atoms with van der Waals surface area (Å²) >= 11 is 0. The third-order valence-electron chi connectivity index (χ3n) is 3.53. The van der Waals surface area contributed by atoms with Crippen molar-refractivity contribution in [1.29, 1.82) is 0 Å². The predicted octanol–water partition coefficient (Wildman–Crippen LogP) is 3.08. The van der Waals surface area contributed by atoms with E-state index in [0.717, 1.165) is 11.3 Å². The number of carbonyl (C=O) groups is 1. The molecule has 112 valence electrons. The number of rotatable bonds is 3. The molecule has 0 saturated carbocycles. The quantitative estimate of drug-likeness (QED) is 0.806. The van der Waals surface area contributed by atoms with Crippen LogP contribution in [0, 0.1) is 20.8 Å². The van der Waals surface area contributed by atoms with Gasteiger partial charge in [-0.05, 0) is 32.4 Å². The van der Waals surface area contributed by atoms with Crippen LogP contribution in [-0.2, 0) is 6.54 Å². The Bertz CT molecular complexity index is 852. The second kappa shape index (κ2) is 5.60. The van der Waals surface area contributed by atoms with Gasteiger partial charge in [-0.3, -0.25) is 4.79 Å². The molecule has 0 saturated heterocycles. The fraction of sp³-hybridized carbons (Fsp3) is 0.235. The van der Waals surface area contributed by atoms with Gasteiger partial charge in [-0.25, -0.2) is 4.98 Å². The van der Waals surface area contributed by atoms with Gasteiger partial charge in [-0.2, -0.15) is 0 Å². The highest BCUT2D eigenvalue weighted by molar-refractivity contribution is 6.05. The number of hydrogen-bond acceptors (Lipinski definition) is 4. The Morgan fingerprint density at radius 1 is 1.23 bits per heavy atom. The first-order valence-electron chi connectivity index (χ1n) is 7.12. The van der Waals surface area contributed by atoms with E-state index in [0.29, 0.717) is 28.9 Å². The zero-order valence-electron chi connectivity index (χ0n) is 12.8. The second-order valence-electron chi connectivity index (χ2n) is 5.43. The zero-order chi connectivity index (χ0) is 15.7. The number of fused-ring (bicyclic) bond motifs is 1. The summed E-state index contributed by atoms with van der Waals surface area (Å²) in [5.41, 5.74) is 4.58. The summed E-state index contributed by atoms with van der Waals surface area (Å²) in [4.78, 5) is 16.8. The van der Waals surface area contributed by atoms with Crippen LogP contribution in [0.4, 0.5) is 0 Å². The van der Waals surface area contributed by atoms with E-state index in [-0.39, 0.29) is 5.91 Å². The third kappa shape index (κ3) is 2.70. The normalized spacial score (nSPS) is 10.9. The second-order valence-corrected chi connectivity index (χ2v) is 5.43. The van der Waals surface area contributed by atoms with Crippen LogP contribution in [0.1, 0.15) is 32.9 Å². The zero-order valence-corrected chi connectivity index (χ0v) is 12.8. The molecule has 2 aromatic heterocycles. The molecule has 0 spiro atoms. The van der Waals surface area contributed by atoms with Crippen molar-refractivity contribution in [3.63, 3.8) is 0 Å². The van der Waals surface area contributed by atoms with Crippen molar-refractivity contribution in [2.45, 2.75) is 27.3 Å². The molecule has 0 unspecified atom stereocenters. The molecule has 2 heterocycles. The van der Waals surface area contributed by atoms with Crippen molar-refractivity contribution in [3.05, 3.63) is 58.4 Å². The van der Waals surface area contributed by atoms with Crippen molar-refractivity contribution in [3.8, 4) is 0 Å². The van der Waals surface area contributed by atoms with E-state index < -0.39 is 0 Å². The summed E-state index contributed by atoms with van der Waals surface area (Å²) in [5, 5.41) is 7.51. The average molecular weight is 295 g/mol. The molecule has 1 amide bonds. The molecule has 0 atom stereocenters. The molecule has 5 nitrogen and oxygen atoms in total. The van der Waals surface area contributed by atoms with Gasteiger partial charge in [0.2, 0.25) is 0 Å². The molecule has 1 aromatic carbocycles. The third-order valence-corrected chi connectivity index (χ3v) is 3.53. The molecule has 22 heavy (non-hydrogen) atoms. The number of benzene rings is 1. The highest BCUT2D eigenvalue weighted by Gasteiger charge is 2.17. The minimum absolute atomic E-state index is 0.150. The molecule has 0 aliphatic heterocycles. The molecule has 3 rings (SSSR count). The first-order chi connectivity index (χ1) is 10.5. The van der Waals surface area contributed by atoms with E-state index in [4.69, 9.17) is 4.52 Å².